The first-order chi connectivity index (χ1) is 42.7. The molecular weight excluding hydrogens is 1090 g/mol. The van der Waals surface area contributed by atoms with Crippen LogP contribution in [0, 0.1) is 0 Å². The molecule has 500 valence electrons. The number of nitrogens with one attached hydrogen (secondary N) is 1. The molecule has 1 saturated heterocycles. The third-order valence-electron chi connectivity index (χ3n) is 16.2. The maximum atomic E-state index is 13.5. The highest BCUT2D eigenvalue weighted by Gasteiger charge is 2.47. The minimum absolute atomic E-state index is 0.114. The molecule has 0 saturated carbocycles. The minimum Gasteiger partial charge on any atom is -0.454 e. The van der Waals surface area contributed by atoms with Gasteiger partial charge in [0.1, 0.15) is 24.4 Å². The number of carbonyl (C=O) groups is 2. The number of esters is 1. The molecule has 0 aromatic rings. The van der Waals surface area contributed by atoms with Gasteiger partial charge in [0.05, 0.1) is 25.4 Å². The van der Waals surface area contributed by atoms with E-state index in [1.807, 2.05) is 6.08 Å². The first-order valence-electron chi connectivity index (χ1n) is 35.7. The van der Waals surface area contributed by atoms with Crippen LogP contribution in [0.3, 0.4) is 0 Å². The van der Waals surface area contributed by atoms with E-state index in [4.69, 9.17) is 14.2 Å². The maximum absolute atomic E-state index is 13.5. The van der Waals surface area contributed by atoms with Crippen molar-refractivity contribution in [1.82, 2.24) is 5.32 Å². The van der Waals surface area contributed by atoms with Crippen LogP contribution in [0.2, 0.25) is 0 Å². The number of ether oxygens (including phenoxy) is 3. The number of hydrogen-bond donors (Lipinski definition) is 6. The Morgan fingerprint density at radius 2 is 0.828 bits per heavy atom. The Morgan fingerprint density at radius 1 is 0.460 bits per heavy atom. The Labute approximate surface area is 532 Å². The zero-order valence-electron chi connectivity index (χ0n) is 55.6. The second-order valence-corrected chi connectivity index (χ2v) is 24.2. The number of unbranched alkanes of at least 4 members (excludes halogenated alkanes) is 30. The van der Waals surface area contributed by atoms with E-state index in [1.165, 1.54) is 116 Å². The van der Waals surface area contributed by atoms with Crippen LogP contribution >= 0.6 is 0 Å². The first kappa shape index (κ1) is 81.3. The summed E-state index contributed by atoms with van der Waals surface area (Å²) in [6.07, 6.45) is 75.4. The van der Waals surface area contributed by atoms with Crippen molar-refractivity contribution in [1.29, 1.82) is 0 Å². The smallest absolute Gasteiger partial charge is 0.306 e. The van der Waals surface area contributed by atoms with Gasteiger partial charge in [-0.1, -0.05) is 291 Å². The quantitative estimate of drug-likeness (QED) is 0.0195. The number of hydrogen-bond acceptors (Lipinski definition) is 10. The molecule has 1 fully saturated rings. The highest BCUT2D eigenvalue weighted by atomic mass is 16.7. The van der Waals surface area contributed by atoms with E-state index in [2.05, 4.69) is 123 Å². The van der Waals surface area contributed by atoms with Gasteiger partial charge in [-0.05, 0) is 109 Å². The molecule has 0 radical (unpaired) electrons. The molecule has 8 unspecified atom stereocenters. The summed E-state index contributed by atoms with van der Waals surface area (Å²) >= 11 is 0. The highest BCUT2D eigenvalue weighted by Crippen LogP contribution is 2.26. The molecule has 6 N–H and O–H groups in total. The van der Waals surface area contributed by atoms with Gasteiger partial charge in [-0.15, -0.1) is 0 Å². The predicted octanol–water partition coefficient (Wildman–Crippen LogP) is 18.4. The molecule has 1 rings (SSSR count). The van der Waals surface area contributed by atoms with Crippen LogP contribution in [0.15, 0.2) is 109 Å². The molecule has 11 nitrogen and oxygen atoms in total. The molecule has 1 amide bonds. The Bertz CT molecular complexity index is 1830. The lowest BCUT2D eigenvalue weighted by Crippen LogP contribution is -2.61. The van der Waals surface area contributed by atoms with Crippen LogP contribution in [0.4, 0.5) is 0 Å². The second kappa shape index (κ2) is 62.5. The summed E-state index contributed by atoms with van der Waals surface area (Å²) < 4.78 is 17.7. The van der Waals surface area contributed by atoms with E-state index < -0.39 is 67.4 Å². The molecule has 0 aromatic heterocycles. The number of rotatable bonds is 60. The van der Waals surface area contributed by atoms with E-state index in [1.54, 1.807) is 6.08 Å². The summed E-state index contributed by atoms with van der Waals surface area (Å²) in [7, 11) is 0. The number of amides is 1. The van der Waals surface area contributed by atoms with Crippen molar-refractivity contribution in [3.8, 4) is 0 Å². The lowest BCUT2D eigenvalue weighted by molar-refractivity contribution is -0.305. The van der Waals surface area contributed by atoms with Crippen molar-refractivity contribution >= 4 is 11.9 Å². The maximum Gasteiger partial charge on any atom is 0.306 e. The van der Waals surface area contributed by atoms with Gasteiger partial charge < -0.3 is 45.1 Å². The Balaban J connectivity index is 2.61. The zero-order valence-corrected chi connectivity index (χ0v) is 55.6. The standard InChI is InChI=1S/C76H131NO10/c1-4-7-10-13-16-19-22-25-27-29-31-32-33-34-35-36-37-39-40-42-45-48-51-54-57-60-63-69(80)75(84)77-67(68(79)62-59-56-53-50-47-44-24-21-18-15-12-9-6-3)66-85-76-74(73(83)72(82)70(65-78)86-76)87-71(81)64-61-58-55-52-49-46-43-41-38-30-28-26-23-20-17-14-11-8-5-2/h7,10,16-17,19-20,25-28,31-32,34-35,37,39,59,62,67-70,72-74,76,78-80,82-83H,4-6,8-9,11-15,18,21-24,29-30,33,36,38,40-58,60-61,63-66H2,1-3H3,(H,77,84)/b10-7-,19-16-,20-17-,27-25-,28-26-,32-31-,35-34-,39-37-,62-59+. The summed E-state index contributed by atoms with van der Waals surface area (Å²) in [5.74, 6) is -1.21. The van der Waals surface area contributed by atoms with Gasteiger partial charge in [-0.3, -0.25) is 9.59 Å². The second-order valence-electron chi connectivity index (χ2n) is 24.2. The van der Waals surface area contributed by atoms with Crippen LogP contribution in [-0.2, 0) is 23.8 Å². The fourth-order valence-corrected chi connectivity index (χ4v) is 10.6. The number of aliphatic hydroxyl groups is 5. The largest absolute Gasteiger partial charge is 0.454 e. The zero-order chi connectivity index (χ0) is 63.1. The first-order valence-corrected chi connectivity index (χ1v) is 35.7. The average molecular weight is 1220 g/mol. The fraction of sp³-hybridized carbons (Fsp3) is 0.737. The molecule has 1 heterocycles. The lowest BCUT2D eigenvalue weighted by Gasteiger charge is -2.41. The molecule has 1 aliphatic heterocycles. The molecule has 0 aliphatic carbocycles. The Hall–Kier alpha value is -3.68. The molecular formula is C76H131NO10. The SMILES string of the molecule is CC/C=C\C/C=C\C/C=C\C/C=C\C/C=C\C/C=C\CCCCCCCCCC(O)C(=O)NC(COC1OC(CO)C(O)C(O)C1OC(=O)CCCCCCCCCCC/C=C\C/C=C\CCCCC)C(O)/C=C/CCCCCCCCCCCCC. The Morgan fingerprint density at radius 3 is 1.26 bits per heavy atom. The summed E-state index contributed by atoms with van der Waals surface area (Å²) in [4.78, 5) is 26.7. The third kappa shape index (κ3) is 49.7. The molecule has 0 aromatic carbocycles. The molecule has 0 bridgehead atoms. The Kier molecular flexibility index (Phi) is 58.4. The highest BCUT2D eigenvalue weighted by molar-refractivity contribution is 5.80. The topological polar surface area (TPSA) is 175 Å². The summed E-state index contributed by atoms with van der Waals surface area (Å²) in [6.45, 7) is 5.67. The minimum atomic E-state index is -1.62. The van der Waals surface area contributed by atoms with E-state index >= 15 is 0 Å². The van der Waals surface area contributed by atoms with Gasteiger partial charge in [0.2, 0.25) is 5.91 Å². The van der Waals surface area contributed by atoms with Crippen molar-refractivity contribution in [3.05, 3.63) is 109 Å². The van der Waals surface area contributed by atoms with E-state index in [9.17, 15) is 35.1 Å². The number of allylic oxidation sites excluding steroid dienone is 17. The summed E-state index contributed by atoms with van der Waals surface area (Å²) in [5.41, 5.74) is 0. The molecule has 87 heavy (non-hydrogen) atoms. The van der Waals surface area contributed by atoms with Gasteiger partial charge in [0.25, 0.3) is 0 Å². The number of carbonyl (C=O) groups excluding carboxylic acids is 2. The normalized spacial score (nSPS) is 18.9. The van der Waals surface area contributed by atoms with Crippen LogP contribution in [0.5, 0.6) is 0 Å². The van der Waals surface area contributed by atoms with E-state index in [0.29, 0.717) is 12.8 Å². The van der Waals surface area contributed by atoms with Crippen LogP contribution < -0.4 is 5.32 Å². The van der Waals surface area contributed by atoms with Gasteiger partial charge >= 0.3 is 5.97 Å². The van der Waals surface area contributed by atoms with Gasteiger partial charge in [-0.25, -0.2) is 0 Å². The van der Waals surface area contributed by atoms with Crippen molar-refractivity contribution in [2.75, 3.05) is 13.2 Å². The predicted molar refractivity (Wildman–Crippen MR) is 365 cm³/mol. The molecule has 11 heteroatoms. The van der Waals surface area contributed by atoms with Crippen LogP contribution in [0.1, 0.15) is 297 Å². The molecule has 0 spiro atoms. The average Bonchev–Trinajstić information content (AvgIpc) is 1.52. The third-order valence-corrected chi connectivity index (χ3v) is 16.2. The van der Waals surface area contributed by atoms with Gasteiger partial charge in [-0.2, -0.15) is 0 Å². The number of aliphatic hydroxyl groups excluding tert-OH is 5. The summed E-state index contributed by atoms with van der Waals surface area (Å²) in [5, 5.41) is 57.3. The summed E-state index contributed by atoms with van der Waals surface area (Å²) in [6, 6.07) is -1.04. The van der Waals surface area contributed by atoms with Crippen LogP contribution in [-0.4, -0.2) is 99.6 Å². The van der Waals surface area contributed by atoms with Crippen LogP contribution in [0.25, 0.3) is 0 Å². The monoisotopic (exact) mass is 1220 g/mol. The van der Waals surface area contributed by atoms with Crippen molar-refractivity contribution in [2.45, 2.75) is 346 Å². The van der Waals surface area contributed by atoms with E-state index in [0.717, 1.165) is 135 Å². The lowest BCUT2D eigenvalue weighted by atomic mass is 9.99. The fourth-order valence-electron chi connectivity index (χ4n) is 10.6. The van der Waals surface area contributed by atoms with Gasteiger partial charge in [0.15, 0.2) is 12.4 Å². The van der Waals surface area contributed by atoms with Gasteiger partial charge in [0, 0.05) is 6.42 Å². The van der Waals surface area contributed by atoms with E-state index in [-0.39, 0.29) is 19.4 Å². The molecule has 1 aliphatic rings. The van der Waals surface area contributed by atoms with Crippen molar-refractivity contribution in [2.24, 2.45) is 0 Å². The molecule has 8 atom stereocenters. The van der Waals surface area contributed by atoms with Crippen molar-refractivity contribution < 1.29 is 49.3 Å². The van der Waals surface area contributed by atoms with Crippen molar-refractivity contribution in [3.63, 3.8) is 0 Å².